The van der Waals surface area contributed by atoms with Gasteiger partial charge >= 0.3 is 0 Å². The van der Waals surface area contributed by atoms with Crippen LogP contribution in [0.5, 0.6) is 0 Å². The lowest BCUT2D eigenvalue weighted by Crippen LogP contribution is -2.44. The summed E-state index contributed by atoms with van der Waals surface area (Å²) in [6.07, 6.45) is 15.2. The summed E-state index contributed by atoms with van der Waals surface area (Å²) in [5.74, 6) is 0. The maximum Gasteiger partial charge on any atom is 0.000782 e. The molecule has 1 saturated heterocycles. The van der Waals surface area contributed by atoms with E-state index in [0.29, 0.717) is 0 Å². The molecule has 0 aromatic heterocycles. The second-order valence-corrected chi connectivity index (χ2v) is 6.49. The summed E-state index contributed by atoms with van der Waals surface area (Å²) in [7, 11) is 0. The molecular formula is C14H25N. The van der Waals surface area contributed by atoms with E-state index in [9.17, 15) is 0 Å². The molecule has 2 spiro atoms. The third-order valence-electron chi connectivity index (χ3n) is 5.60. The first-order valence-corrected chi connectivity index (χ1v) is 7.04. The van der Waals surface area contributed by atoms with Crippen molar-refractivity contribution in [1.82, 2.24) is 5.32 Å². The van der Waals surface area contributed by atoms with Crippen LogP contribution in [0, 0.1) is 10.8 Å². The summed E-state index contributed by atoms with van der Waals surface area (Å²) in [5.41, 5.74) is 1.55. The van der Waals surface area contributed by atoms with Crippen LogP contribution in [0.15, 0.2) is 0 Å². The van der Waals surface area contributed by atoms with E-state index in [4.69, 9.17) is 0 Å². The van der Waals surface area contributed by atoms with Crippen molar-refractivity contribution in [3.8, 4) is 0 Å². The summed E-state index contributed by atoms with van der Waals surface area (Å²) >= 11 is 0. The lowest BCUT2D eigenvalue weighted by Gasteiger charge is -2.47. The van der Waals surface area contributed by atoms with Crippen molar-refractivity contribution in [2.45, 2.75) is 64.2 Å². The van der Waals surface area contributed by atoms with Crippen molar-refractivity contribution in [3.63, 3.8) is 0 Å². The zero-order valence-corrected chi connectivity index (χ0v) is 9.99. The highest BCUT2D eigenvalue weighted by Gasteiger charge is 2.43. The highest BCUT2D eigenvalue weighted by atomic mass is 14.9. The van der Waals surface area contributed by atoms with Gasteiger partial charge in [-0.05, 0) is 68.7 Å². The number of hydrogen-bond acceptors (Lipinski definition) is 1. The predicted molar refractivity (Wildman–Crippen MR) is 63.9 cm³/mol. The maximum atomic E-state index is 3.62. The molecule has 3 fully saturated rings. The molecular weight excluding hydrogens is 182 g/mol. The monoisotopic (exact) mass is 207 g/mol. The maximum absolute atomic E-state index is 3.62. The fraction of sp³-hybridized carbons (Fsp3) is 1.00. The Morgan fingerprint density at radius 1 is 0.600 bits per heavy atom. The molecule has 2 aliphatic carbocycles. The summed E-state index contributed by atoms with van der Waals surface area (Å²) < 4.78 is 0. The quantitative estimate of drug-likeness (QED) is 0.641. The van der Waals surface area contributed by atoms with E-state index >= 15 is 0 Å². The molecule has 0 unspecified atom stereocenters. The molecule has 0 bridgehead atoms. The Bertz CT molecular complexity index is 209. The Hall–Kier alpha value is -0.0400. The fourth-order valence-corrected chi connectivity index (χ4v) is 4.39. The Labute approximate surface area is 94.0 Å². The van der Waals surface area contributed by atoms with Crippen molar-refractivity contribution in [2.24, 2.45) is 10.8 Å². The predicted octanol–water partition coefficient (Wildman–Crippen LogP) is 3.49. The first kappa shape index (κ1) is 10.1. The second kappa shape index (κ2) is 3.76. The summed E-state index contributed by atoms with van der Waals surface area (Å²) in [6, 6.07) is 0. The first-order valence-electron chi connectivity index (χ1n) is 7.04. The molecule has 0 atom stereocenters. The van der Waals surface area contributed by atoms with E-state index in [-0.39, 0.29) is 0 Å². The largest absolute Gasteiger partial charge is 0.316 e. The van der Waals surface area contributed by atoms with Crippen LogP contribution in [0.1, 0.15) is 64.2 Å². The van der Waals surface area contributed by atoms with Crippen LogP contribution in [0.25, 0.3) is 0 Å². The van der Waals surface area contributed by atoms with Crippen LogP contribution < -0.4 is 5.32 Å². The van der Waals surface area contributed by atoms with Crippen LogP contribution in [0.2, 0.25) is 0 Å². The van der Waals surface area contributed by atoms with E-state index in [1.54, 1.807) is 25.7 Å². The molecule has 1 heterocycles. The molecule has 0 aromatic rings. The third kappa shape index (κ3) is 1.84. The molecule has 86 valence electrons. The van der Waals surface area contributed by atoms with Gasteiger partial charge in [0.05, 0.1) is 0 Å². The molecule has 15 heavy (non-hydrogen) atoms. The van der Waals surface area contributed by atoms with Gasteiger partial charge in [0.1, 0.15) is 0 Å². The topological polar surface area (TPSA) is 12.0 Å². The van der Waals surface area contributed by atoms with Gasteiger partial charge in [-0.25, -0.2) is 0 Å². The Kier molecular flexibility index (Phi) is 2.54. The van der Waals surface area contributed by atoms with Gasteiger partial charge in [-0.15, -0.1) is 0 Å². The molecule has 1 nitrogen and oxygen atoms in total. The second-order valence-electron chi connectivity index (χ2n) is 6.49. The van der Waals surface area contributed by atoms with E-state index < -0.39 is 0 Å². The van der Waals surface area contributed by atoms with Crippen molar-refractivity contribution < 1.29 is 0 Å². The first-order chi connectivity index (χ1) is 7.33. The molecule has 0 radical (unpaired) electrons. The van der Waals surface area contributed by atoms with Gasteiger partial charge in [0.2, 0.25) is 0 Å². The molecule has 1 heteroatoms. The van der Waals surface area contributed by atoms with Crippen LogP contribution in [-0.2, 0) is 0 Å². The molecule has 0 aromatic carbocycles. The van der Waals surface area contributed by atoms with E-state index in [2.05, 4.69) is 5.32 Å². The Balaban J connectivity index is 1.63. The summed E-state index contributed by atoms with van der Waals surface area (Å²) in [6.45, 7) is 2.59. The van der Waals surface area contributed by atoms with Crippen LogP contribution in [-0.4, -0.2) is 13.1 Å². The van der Waals surface area contributed by atoms with E-state index in [1.807, 2.05) is 0 Å². The molecule has 1 aliphatic heterocycles. The van der Waals surface area contributed by atoms with Crippen molar-refractivity contribution in [2.75, 3.05) is 13.1 Å². The summed E-state index contributed by atoms with van der Waals surface area (Å²) in [4.78, 5) is 0. The van der Waals surface area contributed by atoms with E-state index in [0.717, 1.165) is 10.8 Å². The fourth-order valence-electron chi connectivity index (χ4n) is 4.39. The molecule has 2 saturated carbocycles. The SMILES string of the molecule is C1CCC2(C1)CCC1(CCCNC1)CC2. The van der Waals surface area contributed by atoms with Gasteiger partial charge in [-0.1, -0.05) is 12.8 Å². The molecule has 3 aliphatic rings. The van der Waals surface area contributed by atoms with Gasteiger partial charge in [0.15, 0.2) is 0 Å². The van der Waals surface area contributed by atoms with Gasteiger partial charge in [0.25, 0.3) is 0 Å². The highest BCUT2D eigenvalue weighted by Crippen LogP contribution is 2.55. The molecule has 1 N–H and O–H groups in total. The lowest BCUT2D eigenvalue weighted by atomic mass is 9.61. The number of hydrogen-bond donors (Lipinski definition) is 1. The van der Waals surface area contributed by atoms with Gasteiger partial charge in [0, 0.05) is 6.54 Å². The van der Waals surface area contributed by atoms with Gasteiger partial charge < -0.3 is 5.32 Å². The van der Waals surface area contributed by atoms with Crippen molar-refractivity contribution in [3.05, 3.63) is 0 Å². The molecule has 3 rings (SSSR count). The smallest absolute Gasteiger partial charge is 0.000782 e. The summed E-state index contributed by atoms with van der Waals surface area (Å²) in [5, 5.41) is 3.62. The number of rotatable bonds is 0. The Morgan fingerprint density at radius 2 is 1.20 bits per heavy atom. The normalized spacial score (nSPS) is 33.6. The van der Waals surface area contributed by atoms with Crippen LogP contribution in [0.3, 0.4) is 0 Å². The van der Waals surface area contributed by atoms with E-state index in [1.165, 1.54) is 51.6 Å². The number of nitrogens with one attached hydrogen (secondary N) is 1. The number of piperidine rings is 1. The van der Waals surface area contributed by atoms with Gasteiger partial charge in [-0.3, -0.25) is 0 Å². The van der Waals surface area contributed by atoms with Crippen molar-refractivity contribution in [1.29, 1.82) is 0 Å². The minimum Gasteiger partial charge on any atom is -0.316 e. The highest BCUT2D eigenvalue weighted by molar-refractivity contribution is 4.96. The lowest BCUT2D eigenvalue weighted by molar-refractivity contribution is 0.0592. The minimum absolute atomic E-state index is 0.728. The van der Waals surface area contributed by atoms with Crippen LogP contribution in [0.4, 0.5) is 0 Å². The average Bonchev–Trinajstić information content (AvgIpc) is 2.74. The van der Waals surface area contributed by atoms with Crippen molar-refractivity contribution >= 4 is 0 Å². The average molecular weight is 207 g/mol. The molecule has 0 amide bonds. The Morgan fingerprint density at radius 3 is 1.80 bits per heavy atom. The standard InChI is InChI=1S/C14H25N/c1-2-5-13(4-1)7-9-14(10-8-13)6-3-11-15-12-14/h15H,1-12H2. The minimum atomic E-state index is 0.728. The third-order valence-corrected chi connectivity index (χ3v) is 5.60. The zero-order chi connectivity index (χ0) is 10.2. The zero-order valence-electron chi connectivity index (χ0n) is 9.99. The van der Waals surface area contributed by atoms with Crippen LogP contribution >= 0.6 is 0 Å². The van der Waals surface area contributed by atoms with Gasteiger partial charge in [-0.2, -0.15) is 0 Å².